The molecule has 1 aliphatic heterocycles. The molecule has 3 aliphatic rings. The standard InChI is InChI=1S/C20H27N3O2/c21-14-18(15-5-2-1-3-6-15)22-8-10-23(11-9-22)20(24)17-13-16(17)19-7-4-12-25-19/h4,7,12,15-18H,1-3,5-6,8-11,13H2/t16-,17-,18+/m0/s1. The molecule has 2 saturated carbocycles. The third kappa shape index (κ3) is 3.46. The first-order valence-electron chi connectivity index (χ1n) is 9.74. The number of carbonyl (C=O) groups excluding carboxylic acids is 1. The molecule has 1 saturated heterocycles. The first-order chi connectivity index (χ1) is 12.3. The van der Waals surface area contributed by atoms with Crippen molar-refractivity contribution in [2.24, 2.45) is 11.8 Å². The number of carbonyl (C=O) groups is 1. The SMILES string of the molecule is N#C[C@H](C1CCCCC1)N1CCN(C(=O)[C@H]2C[C@@H]2c2ccco2)CC1. The van der Waals surface area contributed by atoms with Crippen LogP contribution in [-0.4, -0.2) is 47.9 Å². The van der Waals surface area contributed by atoms with Crippen molar-refractivity contribution in [1.29, 1.82) is 5.26 Å². The van der Waals surface area contributed by atoms with Crippen molar-refractivity contribution in [1.82, 2.24) is 9.80 Å². The van der Waals surface area contributed by atoms with Gasteiger partial charge in [-0.15, -0.1) is 0 Å². The molecule has 0 aromatic carbocycles. The van der Waals surface area contributed by atoms with Crippen molar-refractivity contribution in [3.63, 3.8) is 0 Å². The van der Waals surface area contributed by atoms with Crippen LogP contribution in [0.3, 0.4) is 0 Å². The average Bonchev–Trinajstić information content (AvgIpc) is 3.28. The van der Waals surface area contributed by atoms with Crippen molar-refractivity contribution >= 4 is 5.91 Å². The van der Waals surface area contributed by atoms with E-state index in [1.54, 1.807) is 6.26 Å². The van der Waals surface area contributed by atoms with Gasteiger partial charge in [-0.2, -0.15) is 5.26 Å². The molecule has 25 heavy (non-hydrogen) atoms. The smallest absolute Gasteiger partial charge is 0.226 e. The van der Waals surface area contributed by atoms with Gasteiger partial charge in [0, 0.05) is 38.0 Å². The van der Waals surface area contributed by atoms with Crippen LogP contribution in [0.25, 0.3) is 0 Å². The van der Waals surface area contributed by atoms with E-state index < -0.39 is 0 Å². The molecule has 5 heteroatoms. The van der Waals surface area contributed by atoms with Crippen LogP contribution >= 0.6 is 0 Å². The molecule has 1 aromatic rings. The zero-order chi connectivity index (χ0) is 17.2. The van der Waals surface area contributed by atoms with Crippen LogP contribution in [0.15, 0.2) is 22.8 Å². The zero-order valence-electron chi connectivity index (χ0n) is 14.8. The first kappa shape index (κ1) is 16.7. The van der Waals surface area contributed by atoms with Gasteiger partial charge in [-0.25, -0.2) is 0 Å². The molecule has 4 rings (SSSR count). The number of amides is 1. The van der Waals surface area contributed by atoms with E-state index in [4.69, 9.17) is 4.42 Å². The summed E-state index contributed by atoms with van der Waals surface area (Å²) in [5, 5.41) is 9.66. The van der Waals surface area contributed by atoms with Crippen LogP contribution in [0.5, 0.6) is 0 Å². The lowest BCUT2D eigenvalue weighted by Gasteiger charge is -2.40. The Labute approximate surface area is 149 Å². The molecule has 3 atom stereocenters. The highest BCUT2D eigenvalue weighted by atomic mass is 16.3. The average molecular weight is 341 g/mol. The molecular weight excluding hydrogens is 314 g/mol. The van der Waals surface area contributed by atoms with E-state index >= 15 is 0 Å². The maximum Gasteiger partial charge on any atom is 0.226 e. The van der Waals surface area contributed by atoms with Gasteiger partial charge in [0.25, 0.3) is 0 Å². The zero-order valence-corrected chi connectivity index (χ0v) is 14.8. The topological polar surface area (TPSA) is 60.5 Å². The summed E-state index contributed by atoms with van der Waals surface area (Å²) in [4.78, 5) is 17.0. The summed E-state index contributed by atoms with van der Waals surface area (Å²) in [7, 11) is 0. The lowest BCUT2D eigenvalue weighted by Crippen LogP contribution is -2.53. The van der Waals surface area contributed by atoms with E-state index in [-0.39, 0.29) is 23.8 Å². The third-order valence-corrected chi connectivity index (χ3v) is 6.26. The Hall–Kier alpha value is -1.80. The van der Waals surface area contributed by atoms with Crippen LogP contribution in [0.4, 0.5) is 0 Å². The number of nitrogens with zero attached hydrogens (tertiary/aromatic N) is 3. The minimum Gasteiger partial charge on any atom is -0.469 e. The Morgan fingerprint density at radius 2 is 1.96 bits per heavy atom. The quantitative estimate of drug-likeness (QED) is 0.845. The molecule has 0 N–H and O–H groups in total. The minimum atomic E-state index is 0.0364. The van der Waals surface area contributed by atoms with Gasteiger partial charge >= 0.3 is 0 Å². The molecule has 0 unspecified atom stereocenters. The lowest BCUT2D eigenvalue weighted by molar-refractivity contribution is -0.134. The Morgan fingerprint density at radius 1 is 1.20 bits per heavy atom. The number of furan rings is 1. The number of piperazine rings is 1. The van der Waals surface area contributed by atoms with Crippen molar-refractivity contribution < 1.29 is 9.21 Å². The molecule has 134 valence electrons. The van der Waals surface area contributed by atoms with Crippen LogP contribution in [0.1, 0.15) is 50.2 Å². The lowest BCUT2D eigenvalue weighted by atomic mass is 9.83. The summed E-state index contributed by atoms with van der Waals surface area (Å²) in [5.41, 5.74) is 0. The van der Waals surface area contributed by atoms with Crippen LogP contribution in [-0.2, 0) is 4.79 Å². The minimum absolute atomic E-state index is 0.0364. The molecule has 2 aliphatic carbocycles. The predicted molar refractivity (Wildman–Crippen MR) is 93.7 cm³/mol. The van der Waals surface area contributed by atoms with E-state index in [0.29, 0.717) is 5.92 Å². The number of hydrogen-bond donors (Lipinski definition) is 0. The summed E-state index contributed by atoms with van der Waals surface area (Å²) in [5.74, 6) is 2.11. The molecule has 3 fully saturated rings. The van der Waals surface area contributed by atoms with E-state index in [1.165, 1.54) is 32.1 Å². The fraction of sp³-hybridized carbons (Fsp3) is 0.700. The summed E-state index contributed by atoms with van der Waals surface area (Å²) in [6.07, 6.45) is 8.80. The third-order valence-electron chi connectivity index (χ3n) is 6.26. The van der Waals surface area contributed by atoms with Crippen LogP contribution in [0, 0.1) is 23.2 Å². The highest BCUT2D eigenvalue weighted by Gasteiger charge is 2.48. The van der Waals surface area contributed by atoms with Crippen molar-refractivity contribution in [3.8, 4) is 6.07 Å². The fourth-order valence-corrected chi connectivity index (χ4v) is 4.67. The van der Waals surface area contributed by atoms with Gasteiger partial charge in [0.05, 0.1) is 12.3 Å². The largest absolute Gasteiger partial charge is 0.469 e. The maximum absolute atomic E-state index is 12.7. The fourth-order valence-electron chi connectivity index (χ4n) is 4.67. The van der Waals surface area contributed by atoms with Crippen LogP contribution in [0.2, 0.25) is 0 Å². The van der Waals surface area contributed by atoms with Gasteiger partial charge in [-0.05, 0) is 37.3 Å². The second kappa shape index (κ2) is 7.21. The van der Waals surface area contributed by atoms with Crippen molar-refractivity contribution in [3.05, 3.63) is 24.2 Å². The first-order valence-corrected chi connectivity index (χ1v) is 9.74. The Kier molecular flexibility index (Phi) is 4.80. The van der Waals surface area contributed by atoms with Gasteiger partial charge in [0.2, 0.25) is 5.91 Å². The Balaban J connectivity index is 1.29. The molecule has 5 nitrogen and oxygen atoms in total. The second-order valence-electron chi connectivity index (χ2n) is 7.80. The number of rotatable bonds is 4. The van der Waals surface area contributed by atoms with Gasteiger partial charge < -0.3 is 9.32 Å². The molecule has 1 aromatic heterocycles. The summed E-state index contributed by atoms with van der Waals surface area (Å²) in [6, 6.07) is 6.45. The number of nitriles is 1. The summed E-state index contributed by atoms with van der Waals surface area (Å²) in [6.45, 7) is 3.17. The second-order valence-corrected chi connectivity index (χ2v) is 7.80. The molecular formula is C20H27N3O2. The molecule has 0 radical (unpaired) electrons. The predicted octanol–water partition coefficient (Wildman–Crippen LogP) is 3.00. The van der Waals surface area contributed by atoms with E-state index in [2.05, 4.69) is 11.0 Å². The monoisotopic (exact) mass is 341 g/mol. The van der Waals surface area contributed by atoms with Gasteiger partial charge in [0.15, 0.2) is 0 Å². The molecule has 2 heterocycles. The van der Waals surface area contributed by atoms with Crippen LogP contribution < -0.4 is 0 Å². The molecule has 0 bridgehead atoms. The highest BCUT2D eigenvalue weighted by Crippen LogP contribution is 2.48. The van der Waals surface area contributed by atoms with E-state index in [0.717, 1.165) is 38.4 Å². The normalized spacial score (nSPS) is 29.2. The van der Waals surface area contributed by atoms with Gasteiger partial charge in [-0.1, -0.05) is 19.3 Å². The van der Waals surface area contributed by atoms with E-state index in [9.17, 15) is 10.1 Å². The molecule has 1 amide bonds. The summed E-state index contributed by atoms with van der Waals surface area (Å²) < 4.78 is 5.44. The number of hydrogen-bond acceptors (Lipinski definition) is 4. The Bertz CT molecular complexity index is 622. The maximum atomic E-state index is 12.7. The van der Waals surface area contributed by atoms with E-state index in [1.807, 2.05) is 17.0 Å². The summed E-state index contributed by atoms with van der Waals surface area (Å²) >= 11 is 0. The van der Waals surface area contributed by atoms with Gasteiger partial charge in [0.1, 0.15) is 11.8 Å². The Morgan fingerprint density at radius 3 is 2.60 bits per heavy atom. The van der Waals surface area contributed by atoms with Gasteiger partial charge in [-0.3, -0.25) is 9.69 Å². The van der Waals surface area contributed by atoms with Crippen molar-refractivity contribution in [2.75, 3.05) is 26.2 Å². The molecule has 0 spiro atoms. The highest BCUT2D eigenvalue weighted by molar-refractivity contribution is 5.83. The van der Waals surface area contributed by atoms with Crippen molar-refractivity contribution in [2.45, 2.75) is 50.5 Å².